The maximum Gasteiger partial charge on any atom is 0.246 e. The van der Waals surface area contributed by atoms with Gasteiger partial charge in [0.05, 0.1) is 28.9 Å². The average Bonchev–Trinajstić information content (AvgIpc) is 2.66. The summed E-state index contributed by atoms with van der Waals surface area (Å²) in [6.07, 6.45) is 0. The van der Waals surface area contributed by atoms with Crippen LogP contribution in [0.4, 0.5) is 17.1 Å². The predicted octanol–water partition coefficient (Wildman–Crippen LogP) is 4.27. The van der Waals surface area contributed by atoms with E-state index in [4.69, 9.17) is 27.9 Å². The molecule has 0 radical (unpaired) electrons. The number of rotatable bonds is 5. The molecule has 2 aromatic rings. The van der Waals surface area contributed by atoms with Crippen LogP contribution in [0.2, 0.25) is 10.0 Å². The molecule has 1 saturated heterocycles. The molecule has 26 heavy (non-hydrogen) atoms. The van der Waals surface area contributed by atoms with Crippen LogP contribution >= 0.6 is 23.2 Å². The second kappa shape index (κ2) is 8.62. The van der Waals surface area contributed by atoms with Crippen LogP contribution in [0.1, 0.15) is 6.92 Å². The van der Waals surface area contributed by atoms with Gasteiger partial charge in [-0.1, -0.05) is 35.3 Å². The monoisotopic (exact) mass is 393 g/mol. The smallest absolute Gasteiger partial charge is 0.246 e. The number of benzene rings is 2. The van der Waals surface area contributed by atoms with Gasteiger partial charge in [-0.3, -0.25) is 4.79 Å². The Morgan fingerprint density at radius 2 is 1.88 bits per heavy atom. The van der Waals surface area contributed by atoms with E-state index in [1.165, 1.54) is 0 Å². The Morgan fingerprint density at radius 3 is 2.65 bits per heavy atom. The zero-order valence-electron chi connectivity index (χ0n) is 14.5. The molecule has 2 N–H and O–H groups in total. The summed E-state index contributed by atoms with van der Waals surface area (Å²) in [6, 6.07) is 12.7. The Labute approximate surface area is 163 Å². The number of hydrogen-bond donors (Lipinski definition) is 2. The number of ether oxygens (including phenoxy) is 1. The molecule has 1 aliphatic heterocycles. The summed E-state index contributed by atoms with van der Waals surface area (Å²) in [7, 11) is 0. The predicted molar refractivity (Wildman–Crippen MR) is 108 cm³/mol. The second-order valence-electron chi connectivity index (χ2n) is 6.11. The summed E-state index contributed by atoms with van der Waals surface area (Å²) in [4.78, 5) is 14.7. The lowest BCUT2D eigenvalue weighted by molar-refractivity contribution is -0.116. The third-order valence-electron chi connectivity index (χ3n) is 4.21. The number of nitrogens with one attached hydrogen (secondary N) is 2. The Kier molecular flexibility index (Phi) is 6.25. The Morgan fingerprint density at radius 1 is 1.15 bits per heavy atom. The molecule has 7 heteroatoms. The van der Waals surface area contributed by atoms with Gasteiger partial charge >= 0.3 is 0 Å². The first-order valence-electron chi connectivity index (χ1n) is 8.49. The highest BCUT2D eigenvalue weighted by atomic mass is 35.5. The molecule has 0 saturated carbocycles. The molecule has 0 aromatic heterocycles. The minimum Gasteiger partial charge on any atom is -0.378 e. The molecule has 1 aliphatic rings. The van der Waals surface area contributed by atoms with Gasteiger partial charge in [-0.2, -0.15) is 0 Å². The maximum absolute atomic E-state index is 12.5. The lowest BCUT2D eigenvalue weighted by Crippen LogP contribution is -2.36. The largest absolute Gasteiger partial charge is 0.378 e. The van der Waals surface area contributed by atoms with Crippen molar-refractivity contribution in [1.29, 1.82) is 0 Å². The van der Waals surface area contributed by atoms with Gasteiger partial charge in [0.1, 0.15) is 6.04 Å². The van der Waals surface area contributed by atoms with E-state index in [1.54, 1.807) is 25.1 Å². The highest BCUT2D eigenvalue weighted by Gasteiger charge is 2.16. The number of halogens is 2. The van der Waals surface area contributed by atoms with Gasteiger partial charge in [-0.25, -0.2) is 0 Å². The van der Waals surface area contributed by atoms with E-state index in [2.05, 4.69) is 21.6 Å². The third kappa shape index (κ3) is 4.61. The van der Waals surface area contributed by atoms with Gasteiger partial charge in [-0.05, 0) is 37.3 Å². The number of carbonyl (C=O) groups excluding carboxylic acids is 1. The first-order chi connectivity index (χ1) is 12.5. The SMILES string of the molecule is CC(Nc1cccc(N2CCOCC2)c1)C(=O)Nc1cccc(Cl)c1Cl. The van der Waals surface area contributed by atoms with Crippen LogP contribution in [-0.4, -0.2) is 38.3 Å². The van der Waals surface area contributed by atoms with Gasteiger partial charge in [0, 0.05) is 24.5 Å². The number of amides is 1. The van der Waals surface area contributed by atoms with Crippen molar-refractivity contribution in [3.05, 3.63) is 52.5 Å². The Bertz CT molecular complexity index is 779. The average molecular weight is 394 g/mol. The molecule has 0 spiro atoms. The van der Waals surface area contributed by atoms with Crippen LogP contribution in [0.15, 0.2) is 42.5 Å². The van der Waals surface area contributed by atoms with Crippen molar-refractivity contribution < 1.29 is 9.53 Å². The van der Waals surface area contributed by atoms with E-state index >= 15 is 0 Å². The summed E-state index contributed by atoms with van der Waals surface area (Å²) in [6.45, 7) is 5.00. The highest BCUT2D eigenvalue weighted by molar-refractivity contribution is 6.44. The van der Waals surface area contributed by atoms with Gasteiger partial charge < -0.3 is 20.3 Å². The van der Waals surface area contributed by atoms with E-state index in [-0.39, 0.29) is 5.91 Å². The number of hydrogen-bond acceptors (Lipinski definition) is 4. The van der Waals surface area contributed by atoms with E-state index in [9.17, 15) is 4.79 Å². The molecule has 138 valence electrons. The topological polar surface area (TPSA) is 53.6 Å². The maximum atomic E-state index is 12.5. The fourth-order valence-electron chi connectivity index (χ4n) is 2.77. The summed E-state index contributed by atoms with van der Waals surface area (Å²) in [5, 5.41) is 6.78. The molecule has 0 aliphatic carbocycles. The highest BCUT2D eigenvalue weighted by Crippen LogP contribution is 2.29. The molecule has 1 heterocycles. The molecule has 5 nitrogen and oxygen atoms in total. The van der Waals surface area contributed by atoms with Crippen molar-refractivity contribution in [2.45, 2.75) is 13.0 Å². The molecular formula is C19H21Cl2N3O2. The summed E-state index contributed by atoms with van der Waals surface area (Å²) in [5.74, 6) is -0.189. The molecular weight excluding hydrogens is 373 g/mol. The second-order valence-corrected chi connectivity index (χ2v) is 6.89. The van der Waals surface area contributed by atoms with Crippen LogP contribution in [-0.2, 0) is 9.53 Å². The fraction of sp³-hybridized carbons (Fsp3) is 0.316. The van der Waals surface area contributed by atoms with E-state index in [0.717, 1.165) is 37.7 Å². The van der Waals surface area contributed by atoms with Gasteiger partial charge in [-0.15, -0.1) is 0 Å². The lowest BCUT2D eigenvalue weighted by Gasteiger charge is -2.29. The first-order valence-corrected chi connectivity index (χ1v) is 9.24. The van der Waals surface area contributed by atoms with Crippen molar-refractivity contribution >= 4 is 46.2 Å². The van der Waals surface area contributed by atoms with Gasteiger partial charge in [0.15, 0.2) is 0 Å². The van der Waals surface area contributed by atoms with Gasteiger partial charge in [0.2, 0.25) is 5.91 Å². The number of morpholine rings is 1. The Balaban J connectivity index is 1.64. The zero-order valence-corrected chi connectivity index (χ0v) is 16.0. The molecule has 3 rings (SSSR count). The van der Waals surface area contributed by atoms with E-state index in [0.29, 0.717) is 15.7 Å². The minimum absolute atomic E-state index is 0.189. The van der Waals surface area contributed by atoms with E-state index in [1.807, 2.05) is 18.2 Å². The minimum atomic E-state index is -0.440. The first kappa shape index (κ1) is 18.8. The molecule has 1 fully saturated rings. The molecule has 1 atom stereocenters. The van der Waals surface area contributed by atoms with Crippen molar-refractivity contribution in [2.24, 2.45) is 0 Å². The van der Waals surface area contributed by atoms with Crippen LogP contribution in [0.5, 0.6) is 0 Å². The van der Waals surface area contributed by atoms with Crippen LogP contribution < -0.4 is 15.5 Å². The third-order valence-corrected chi connectivity index (χ3v) is 5.03. The van der Waals surface area contributed by atoms with Crippen LogP contribution in [0.25, 0.3) is 0 Å². The summed E-state index contributed by atoms with van der Waals surface area (Å²) < 4.78 is 5.39. The van der Waals surface area contributed by atoms with Gasteiger partial charge in [0.25, 0.3) is 0 Å². The van der Waals surface area contributed by atoms with Crippen molar-refractivity contribution in [3.63, 3.8) is 0 Å². The molecule has 1 amide bonds. The van der Waals surface area contributed by atoms with Crippen LogP contribution in [0, 0.1) is 0 Å². The summed E-state index contributed by atoms with van der Waals surface area (Å²) in [5.41, 5.74) is 2.50. The quantitative estimate of drug-likeness (QED) is 0.796. The zero-order chi connectivity index (χ0) is 18.5. The lowest BCUT2D eigenvalue weighted by atomic mass is 10.2. The number of anilines is 3. The number of nitrogens with zero attached hydrogens (tertiary/aromatic N) is 1. The Hall–Kier alpha value is -1.95. The van der Waals surface area contributed by atoms with Crippen LogP contribution in [0.3, 0.4) is 0 Å². The van der Waals surface area contributed by atoms with Crippen molar-refractivity contribution in [3.8, 4) is 0 Å². The van der Waals surface area contributed by atoms with Crippen molar-refractivity contribution in [2.75, 3.05) is 41.8 Å². The fourth-order valence-corrected chi connectivity index (χ4v) is 3.12. The molecule has 1 unspecified atom stereocenters. The van der Waals surface area contributed by atoms with E-state index < -0.39 is 6.04 Å². The van der Waals surface area contributed by atoms with Crippen molar-refractivity contribution in [1.82, 2.24) is 0 Å². The normalized spacial score (nSPS) is 15.4. The molecule has 2 aromatic carbocycles. The molecule has 0 bridgehead atoms. The summed E-state index contributed by atoms with van der Waals surface area (Å²) >= 11 is 12.1. The standard InChI is InChI=1S/C19H21Cl2N3O2/c1-13(19(25)23-17-7-3-6-16(20)18(17)21)22-14-4-2-5-15(12-14)24-8-10-26-11-9-24/h2-7,12-13,22H,8-11H2,1H3,(H,23,25). The number of carbonyl (C=O) groups is 1.